The van der Waals surface area contributed by atoms with E-state index in [9.17, 15) is 0 Å². The molecular weight excluding hydrogens is 1300 g/mol. The van der Waals surface area contributed by atoms with E-state index in [4.69, 9.17) is 0 Å². The number of aryl methyl sites for hydroxylation is 1. The normalized spacial score (nSPS) is 12.3. The monoisotopic (exact) mass is 1370 g/mol. The summed E-state index contributed by atoms with van der Waals surface area (Å²) in [6.07, 6.45) is 0. The summed E-state index contributed by atoms with van der Waals surface area (Å²) in [7, 11) is 0. The Morgan fingerprint density at radius 3 is 0.850 bits per heavy atom. The molecule has 0 unspecified atom stereocenters. The number of nitrogens with zero attached hydrogens (tertiary/aromatic N) is 6. The second-order valence-electron chi connectivity index (χ2n) is 30.2. The third-order valence-electron chi connectivity index (χ3n) is 23.0. The van der Waals surface area contributed by atoms with Crippen LogP contribution < -0.4 is 0 Å². The second-order valence-corrected chi connectivity index (χ2v) is 30.2. The fourth-order valence-electron chi connectivity index (χ4n) is 17.9. The van der Waals surface area contributed by atoms with E-state index >= 15 is 0 Å². The van der Waals surface area contributed by atoms with Gasteiger partial charge < -0.3 is 27.4 Å². The maximum Gasteiger partial charge on any atom is 0.0547 e. The van der Waals surface area contributed by atoms with E-state index < -0.39 is 0 Å². The highest BCUT2D eigenvalue weighted by Gasteiger charge is 2.24. The van der Waals surface area contributed by atoms with Crippen LogP contribution in [-0.2, 0) is 5.41 Å². The number of benzene rings is 16. The molecule has 22 rings (SSSR count). The molecule has 6 heteroatoms. The lowest BCUT2D eigenvalue weighted by molar-refractivity contribution is 0.590. The van der Waals surface area contributed by atoms with E-state index in [1.54, 1.807) is 0 Å². The highest BCUT2D eigenvalue weighted by Crippen LogP contribution is 2.45. The molecule has 0 aliphatic rings. The molecule has 0 saturated carbocycles. The standard InChI is InChI=1S/C101H70N6/c1-63-33-42-72(43-34-63)103-90-29-14-9-24-78(90)84-57-66(38-50-94(84)103)68-35-48-82-77-23-8-13-28-89(77)106(99(82)59-68)75-47-54-98-88(61-75)81-27-12-17-32-93(81)105(98)74-22-18-19-64(55-74)65-37-52-96-86(56-65)83-49-36-69(67-39-51-95-85(58-67)79-25-10-15-30-91(79)104(95)73-44-40-70(41-45-73)101(2,3)4)60-100(83)107(96)76-46-53-97-87(62-76)80-26-11-16-31-92(80)102(97)71-20-6-5-7-21-71/h5-62H,1-4H3. The van der Waals surface area contributed by atoms with E-state index in [2.05, 4.69) is 407 Å². The Morgan fingerprint density at radius 1 is 0.168 bits per heavy atom. The molecule has 0 aliphatic heterocycles. The fourth-order valence-corrected chi connectivity index (χ4v) is 17.9. The van der Waals surface area contributed by atoms with Gasteiger partial charge in [0.2, 0.25) is 0 Å². The first kappa shape index (κ1) is 60.9. The van der Waals surface area contributed by atoms with Crippen molar-refractivity contribution in [3.8, 4) is 67.5 Å². The molecule has 6 aromatic heterocycles. The zero-order valence-electron chi connectivity index (χ0n) is 59.7. The lowest BCUT2D eigenvalue weighted by Crippen LogP contribution is -2.10. The highest BCUT2D eigenvalue weighted by molar-refractivity contribution is 6.17. The minimum Gasteiger partial charge on any atom is -0.309 e. The van der Waals surface area contributed by atoms with E-state index in [0.717, 1.165) is 67.2 Å². The number of hydrogen-bond donors (Lipinski definition) is 0. The van der Waals surface area contributed by atoms with Gasteiger partial charge in [-0.05, 0) is 215 Å². The predicted molar refractivity (Wildman–Crippen MR) is 452 cm³/mol. The van der Waals surface area contributed by atoms with E-state index in [0.29, 0.717) is 0 Å². The van der Waals surface area contributed by atoms with Crippen molar-refractivity contribution in [1.82, 2.24) is 27.4 Å². The average molecular weight is 1370 g/mol. The maximum atomic E-state index is 2.51. The minimum atomic E-state index is 0.0631. The zero-order valence-corrected chi connectivity index (χ0v) is 59.7. The van der Waals surface area contributed by atoms with Crippen molar-refractivity contribution in [2.45, 2.75) is 33.1 Å². The Kier molecular flexibility index (Phi) is 13.2. The molecule has 0 amide bonds. The van der Waals surface area contributed by atoms with Crippen LogP contribution in [0.2, 0.25) is 0 Å². The van der Waals surface area contributed by atoms with Gasteiger partial charge in [0.15, 0.2) is 0 Å². The summed E-state index contributed by atoms with van der Waals surface area (Å²) in [6.45, 7) is 8.98. The summed E-state index contributed by atoms with van der Waals surface area (Å²) >= 11 is 0. The number of hydrogen-bond acceptors (Lipinski definition) is 0. The first-order valence-electron chi connectivity index (χ1n) is 37.2. The van der Waals surface area contributed by atoms with Crippen LogP contribution in [0.3, 0.4) is 0 Å². The van der Waals surface area contributed by atoms with Crippen molar-refractivity contribution in [1.29, 1.82) is 0 Å². The van der Waals surface area contributed by atoms with Crippen molar-refractivity contribution in [2.75, 3.05) is 0 Å². The lowest BCUT2D eigenvalue weighted by Gasteiger charge is -2.19. The van der Waals surface area contributed by atoms with Crippen molar-refractivity contribution in [3.63, 3.8) is 0 Å². The molecule has 107 heavy (non-hydrogen) atoms. The van der Waals surface area contributed by atoms with Crippen molar-refractivity contribution in [2.24, 2.45) is 0 Å². The SMILES string of the molecule is Cc1ccc(-n2c3ccccc3c3cc(-c4ccc5c6ccccc6n(-c6ccc7c(c6)c6ccccc6n7-c6cccc(-c7ccc8c(c7)c7ccc(-c9ccc%10c(c9)c9ccccc9n%10-c9ccc(C(C)(C)C)cc9)cc7n8-c7ccc8c(c7)c7ccccc7n8-c7ccccc7)c6)c5c4)ccc32)cc1. The lowest BCUT2D eigenvalue weighted by atomic mass is 9.87. The first-order valence-corrected chi connectivity index (χ1v) is 37.2. The van der Waals surface area contributed by atoms with Gasteiger partial charge in [0.05, 0.1) is 66.2 Å². The van der Waals surface area contributed by atoms with Crippen LogP contribution in [0.1, 0.15) is 31.9 Å². The molecule has 0 spiro atoms. The Morgan fingerprint density at radius 2 is 0.430 bits per heavy atom. The van der Waals surface area contributed by atoms with Crippen LogP contribution in [0.25, 0.3) is 198 Å². The molecule has 0 fully saturated rings. The minimum absolute atomic E-state index is 0.0631. The predicted octanol–water partition coefficient (Wildman–Crippen LogP) is 26.9. The van der Waals surface area contributed by atoms with Gasteiger partial charge in [-0.2, -0.15) is 0 Å². The van der Waals surface area contributed by atoms with Crippen LogP contribution >= 0.6 is 0 Å². The number of rotatable bonds is 9. The summed E-state index contributed by atoms with van der Waals surface area (Å²) in [5.74, 6) is 0. The van der Waals surface area contributed by atoms with Crippen molar-refractivity contribution in [3.05, 3.63) is 363 Å². The van der Waals surface area contributed by atoms with Crippen LogP contribution in [0.15, 0.2) is 352 Å². The molecule has 504 valence electrons. The van der Waals surface area contributed by atoms with Gasteiger partial charge in [0, 0.05) is 98.8 Å². The molecule has 16 aromatic carbocycles. The topological polar surface area (TPSA) is 29.6 Å². The van der Waals surface area contributed by atoms with Gasteiger partial charge in [-0.3, -0.25) is 0 Å². The van der Waals surface area contributed by atoms with Crippen LogP contribution in [0.5, 0.6) is 0 Å². The van der Waals surface area contributed by atoms with Crippen LogP contribution in [0, 0.1) is 6.92 Å². The van der Waals surface area contributed by atoms with Gasteiger partial charge in [-0.1, -0.05) is 214 Å². The Balaban J connectivity index is 0.671. The average Bonchev–Trinajstić information content (AvgIpc) is 1.55. The molecule has 0 aliphatic carbocycles. The number of aromatic nitrogens is 6. The Hall–Kier alpha value is -13.7. The largest absolute Gasteiger partial charge is 0.309 e. The zero-order chi connectivity index (χ0) is 70.9. The number of para-hydroxylation sites is 6. The maximum absolute atomic E-state index is 2.51. The molecule has 6 nitrogen and oxygen atoms in total. The molecule has 0 saturated heterocycles. The highest BCUT2D eigenvalue weighted by atomic mass is 15.0. The third-order valence-corrected chi connectivity index (χ3v) is 23.0. The van der Waals surface area contributed by atoms with E-state index in [1.807, 2.05) is 0 Å². The van der Waals surface area contributed by atoms with E-state index in [-0.39, 0.29) is 5.41 Å². The van der Waals surface area contributed by atoms with Crippen molar-refractivity contribution >= 4 is 131 Å². The quantitative estimate of drug-likeness (QED) is 0.138. The van der Waals surface area contributed by atoms with Gasteiger partial charge in [-0.25, -0.2) is 0 Å². The Labute approximate surface area is 617 Å². The molecule has 0 N–H and O–H groups in total. The second kappa shape index (κ2) is 23.2. The summed E-state index contributed by atoms with van der Waals surface area (Å²) in [5, 5.41) is 14.7. The smallest absolute Gasteiger partial charge is 0.0547 e. The molecule has 0 atom stereocenters. The van der Waals surface area contributed by atoms with Gasteiger partial charge in [0.1, 0.15) is 0 Å². The Bertz CT molecular complexity index is 7460. The molecule has 22 aromatic rings. The molecule has 0 bridgehead atoms. The molecule has 0 radical (unpaired) electrons. The van der Waals surface area contributed by atoms with E-state index in [1.165, 1.54) is 142 Å². The first-order chi connectivity index (χ1) is 52.6. The molecule has 6 heterocycles. The van der Waals surface area contributed by atoms with Crippen molar-refractivity contribution < 1.29 is 0 Å². The number of fused-ring (bicyclic) bond motifs is 18. The van der Waals surface area contributed by atoms with Gasteiger partial charge in [0.25, 0.3) is 0 Å². The fraction of sp³-hybridized carbons (Fsp3) is 0.0495. The van der Waals surface area contributed by atoms with Crippen LogP contribution in [0.4, 0.5) is 0 Å². The summed E-state index contributed by atoms with van der Waals surface area (Å²) in [4.78, 5) is 0. The van der Waals surface area contributed by atoms with Gasteiger partial charge in [-0.15, -0.1) is 0 Å². The summed E-state index contributed by atoms with van der Waals surface area (Å²) < 4.78 is 14.7. The summed E-state index contributed by atoms with van der Waals surface area (Å²) in [6, 6.07) is 132. The third kappa shape index (κ3) is 9.32. The van der Waals surface area contributed by atoms with Gasteiger partial charge >= 0.3 is 0 Å². The summed E-state index contributed by atoms with van der Waals surface area (Å²) in [5.41, 5.74) is 30.6. The molecular formula is C101H70N6. The van der Waals surface area contributed by atoms with Crippen LogP contribution in [-0.4, -0.2) is 27.4 Å².